The lowest BCUT2D eigenvalue weighted by Crippen LogP contribution is -2.33. The van der Waals surface area contributed by atoms with Crippen LogP contribution in [0.2, 0.25) is 0 Å². The van der Waals surface area contributed by atoms with Crippen LogP contribution in [0.1, 0.15) is 31.9 Å². The van der Waals surface area contributed by atoms with Gasteiger partial charge in [-0.2, -0.15) is 0 Å². The molecular formula is C24H29N3O4. The number of amides is 2. The largest absolute Gasteiger partial charge is 0.484 e. The molecule has 164 valence electrons. The van der Waals surface area contributed by atoms with Crippen molar-refractivity contribution in [3.63, 3.8) is 0 Å². The fourth-order valence-corrected chi connectivity index (χ4v) is 3.06. The van der Waals surface area contributed by atoms with E-state index in [4.69, 9.17) is 9.47 Å². The molecule has 0 saturated heterocycles. The predicted octanol–water partition coefficient (Wildman–Crippen LogP) is 3.93. The molecule has 1 aromatic heterocycles. The highest BCUT2D eigenvalue weighted by Crippen LogP contribution is 2.24. The fraction of sp³-hybridized carbons (Fsp3) is 0.333. The monoisotopic (exact) mass is 423 g/mol. The van der Waals surface area contributed by atoms with E-state index in [0.717, 1.165) is 22.0 Å². The number of rotatable bonds is 8. The van der Waals surface area contributed by atoms with Gasteiger partial charge in [0.1, 0.15) is 11.4 Å². The second kappa shape index (κ2) is 10.0. The SMILES string of the molecule is CC(C)(C)OC(=O)NCCc1c[nH]c2ccc(OCC(=O)NCc3ccccc3)cc12. The number of ether oxygens (including phenoxy) is 2. The van der Waals surface area contributed by atoms with Crippen molar-refractivity contribution < 1.29 is 19.1 Å². The second-order valence-electron chi connectivity index (χ2n) is 8.25. The number of hydrogen-bond acceptors (Lipinski definition) is 4. The Morgan fingerprint density at radius 3 is 2.55 bits per heavy atom. The Morgan fingerprint density at radius 2 is 1.81 bits per heavy atom. The van der Waals surface area contributed by atoms with E-state index in [9.17, 15) is 9.59 Å². The van der Waals surface area contributed by atoms with Gasteiger partial charge in [0.05, 0.1) is 0 Å². The van der Waals surface area contributed by atoms with Crippen molar-refractivity contribution in [1.82, 2.24) is 15.6 Å². The summed E-state index contributed by atoms with van der Waals surface area (Å²) in [6.45, 7) is 6.35. The number of carbonyl (C=O) groups is 2. The van der Waals surface area contributed by atoms with Crippen LogP contribution in [0.15, 0.2) is 54.7 Å². The number of nitrogens with one attached hydrogen (secondary N) is 3. The Balaban J connectivity index is 1.51. The van der Waals surface area contributed by atoms with Crippen molar-refractivity contribution in [3.05, 3.63) is 65.9 Å². The van der Waals surface area contributed by atoms with Crippen molar-refractivity contribution in [1.29, 1.82) is 0 Å². The van der Waals surface area contributed by atoms with E-state index in [1.165, 1.54) is 0 Å². The molecule has 0 atom stereocenters. The molecule has 7 nitrogen and oxygen atoms in total. The third-order valence-electron chi connectivity index (χ3n) is 4.50. The third kappa shape index (κ3) is 7.06. The summed E-state index contributed by atoms with van der Waals surface area (Å²) in [4.78, 5) is 27.1. The summed E-state index contributed by atoms with van der Waals surface area (Å²) in [5.74, 6) is 0.433. The van der Waals surface area contributed by atoms with Crippen LogP contribution in [0.4, 0.5) is 4.79 Å². The average molecular weight is 424 g/mol. The van der Waals surface area contributed by atoms with E-state index >= 15 is 0 Å². The topological polar surface area (TPSA) is 92.4 Å². The zero-order valence-electron chi connectivity index (χ0n) is 18.2. The van der Waals surface area contributed by atoms with E-state index in [1.54, 1.807) is 0 Å². The van der Waals surface area contributed by atoms with Crippen LogP contribution in [-0.4, -0.2) is 35.7 Å². The van der Waals surface area contributed by atoms with Crippen LogP contribution in [0, 0.1) is 0 Å². The molecule has 0 aliphatic heterocycles. The molecule has 0 aliphatic carbocycles. The predicted molar refractivity (Wildman–Crippen MR) is 120 cm³/mol. The molecule has 1 heterocycles. The van der Waals surface area contributed by atoms with E-state index in [-0.39, 0.29) is 12.5 Å². The lowest BCUT2D eigenvalue weighted by Gasteiger charge is -2.19. The first-order valence-electron chi connectivity index (χ1n) is 10.3. The van der Waals surface area contributed by atoms with Crippen LogP contribution in [0.3, 0.4) is 0 Å². The molecule has 0 unspecified atom stereocenters. The molecule has 3 N–H and O–H groups in total. The molecule has 3 rings (SSSR count). The molecule has 0 bridgehead atoms. The van der Waals surface area contributed by atoms with Gasteiger partial charge in [0, 0.05) is 30.2 Å². The fourth-order valence-electron chi connectivity index (χ4n) is 3.06. The minimum Gasteiger partial charge on any atom is -0.484 e. The minimum absolute atomic E-state index is 0.0572. The second-order valence-corrected chi connectivity index (χ2v) is 8.25. The highest BCUT2D eigenvalue weighted by Gasteiger charge is 2.15. The number of fused-ring (bicyclic) bond motifs is 1. The highest BCUT2D eigenvalue weighted by atomic mass is 16.6. The van der Waals surface area contributed by atoms with Gasteiger partial charge in [0.15, 0.2) is 6.61 Å². The van der Waals surface area contributed by atoms with Gasteiger partial charge in [-0.1, -0.05) is 30.3 Å². The van der Waals surface area contributed by atoms with E-state index in [2.05, 4.69) is 15.6 Å². The van der Waals surface area contributed by atoms with Gasteiger partial charge >= 0.3 is 6.09 Å². The molecule has 0 fully saturated rings. The van der Waals surface area contributed by atoms with Crippen LogP contribution >= 0.6 is 0 Å². The molecular weight excluding hydrogens is 394 g/mol. The third-order valence-corrected chi connectivity index (χ3v) is 4.50. The summed E-state index contributed by atoms with van der Waals surface area (Å²) >= 11 is 0. The Bertz CT molecular complexity index is 1020. The van der Waals surface area contributed by atoms with Crippen molar-refractivity contribution in [2.45, 2.75) is 39.3 Å². The van der Waals surface area contributed by atoms with Crippen molar-refractivity contribution in [2.24, 2.45) is 0 Å². The first-order chi connectivity index (χ1) is 14.8. The Kier molecular flexibility index (Phi) is 7.18. The highest BCUT2D eigenvalue weighted by molar-refractivity contribution is 5.85. The summed E-state index contributed by atoms with van der Waals surface area (Å²) in [7, 11) is 0. The molecule has 7 heteroatoms. The number of carbonyl (C=O) groups excluding carboxylic acids is 2. The van der Waals surface area contributed by atoms with Crippen molar-refractivity contribution in [2.75, 3.05) is 13.2 Å². The average Bonchev–Trinajstić information content (AvgIpc) is 3.12. The number of H-pyrrole nitrogens is 1. The molecule has 2 aromatic carbocycles. The number of benzene rings is 2. The van der Waals surface area contributed by atoms with E-state index < -0.39 is 11.7 Å². The summed E-state index contributed by atoms with van der Waals surface area (Å²) in [5.41, 5.74) is 2.53. The van der Waals surface area contributed by atoms with Crippen molar-refractivity contribution in [3.8, 4) is 5.75 Å². The smallest absolute Gasteiger partial charge is 0.407 e. The standard InChI is InChI=1S/C24H29N3O4/c1-24(2,3)31-23(29)25-12-11-18-15-26-21-10-9-19(13-20(18)21)30-16-22(28)27-14-17-7-5-4-6-8-17/h4-10,13,15,26H,11-12,14,16H2,1-3H3,(H,25,29)(H,27,28). The Labute approximate surface area is 182 Å². The zero-order valence-corrected chi connectivity index (χ0v) is 18.2. The van der Waals surface area contributed by atoms with Crippen LogP contribution < -0.4 is 15.4 Å². The maximum Gasteiger partial charge on any atom is 0.407 e. The van der Waals surface area contributed by atoms with Crippen LogP contribution in [0.25, 0.3) is 10.9 Å². The Morgan fingerprint density at radius 1 is 1.03 bits per heavy atom. The molecule has 0 aliphatic rings. The Hall–Kier alpha value is -3.48. The van der Waals surface area contributed by atoms with Gasteiger partial charge in [-0.15, -0.1) is 0 Å². The van der Waals surface area contributed by atoms with Crippen molar-refractivity contribution >= 4 is 22.9 Å². The van der Waals surface area contributed by atoms with Gasteiger partial charge < -0.3 is 25.1 Å². The summed E-state index contributed by atoms with van der Waals surface area (Å²) in [5, 5.41) is 6.60. The quantitative estimate of drug-likeness (QED) is 0.512. The summed E-state index contributed by atoms with van der Waals surface area (Å²) in [6.07, 6.45) is 2.12. The molecule has 31 heavy (non-hydrogen) atoms. The van der Waals surface area contributed by atoms with E-state index in [1.807, 2.05) is 75.5 Å². The lowest BCUT2D eigenvalue weighted by atomic mass is 10.1. The van der Waals surface area contributed by atoms with Gasteiger partial charge in [-0.3, -0.25) is 4.79 Å². The first-order valence-corrected chi connectivity index (χ1v) is 10.3. The van der Waals surface area contributed by atoms with Crippen LogP contribution in [0.5, 0.6) is 5.75 Å². The number of aromatic amines is 1. The number of aromatic nitrogens is 1. The lowest BCUT2D eigenvalue weighted by molar-refractivity contribution is -0.123. The zero-order chi connectivity index (χ0) is 22.3. The molecule has 0 saturated carbocycles. The normalized spacial score (nSPS) is 11.2. The van der Waals surface area contributed by atoms with E-state index in [0.29, 0.717) is 25.3 Å². The molecule has 0 radical (unpaired) electrons. The van der Waals surface area contributed by atoms with Gasteiger partial charge in [-0.05, 0) is 56.5 Å². The van der Waals surface area contributed by atoms with Gasteiger partial charge in [-0.25, -0.2) is 4.79 Å². The summed E-state index contributed by atoms with van der Waals surface area (Å²) < 4.78 is 10.9. The molecule has 0 spiro atoms. The van der Waals surface area contributed by atoms with Crippen LogP contribution in [-0.2, 0) is 22.5 Å². The number of hydrogen-bond donors (Lipinski definition) is 3. The molecule has 2 amide bonds. The minimum atomic E-state index is -0.523. The van der Waals surface area contributed by atoms with Gasteiger partial charge in [0.25, 0.3) is 5.91 Å². The first kappa shape index (κ1) is 22.2. The molecule has 3 aromatic rings. The maximum absolute atomic E-state index is 12.1. The maximum atomic E-state index is 12.1. The number of alkyl carbamates (subject to hydrolysis) is 1. The summed E-state index contributed by atoms with van der Waals surface area (Å²) in [6, 6.07) is 15.4. The van der Waals surface area contributed by atoms with Gasteiger partial charge in [0.2, 0.25) is 0 Å².